The highest BCUT2D eigenvalue weighted by molar-refractivity contribution is 7.13. The molecule has 5 nitrogen and oxygen atoms in total. The summed E-state index contributed by atoms with van der Waals surface area (Å²) in [7, 11) is 0. The van der Waals surface area contributed by atoms with Crippen molar-refractivity contribution in [1.29, 1.82) is 0 Å². The van der Waals surface area contributed by atoms with Crippen LogP contribution in [0.2, 0.25) is 0 Å². The standard InChI is InChI=1S/C14H15N3O2S/c18-13(19)10-4-7-17(8-5-10)14-15-6-3-11(16-14)12-2-1-9-20-12/h1-3,6,9-10H,4-5,7-8H2,(H,18,19). The molecule has 0 saturated carbocycles. The van der Waals surface area contributed by atoms with Crippen molar-refractivity contribution in [2.75, 3.05) is 18.0 Å². The monoisotopic (exact) mass is 289 g/mol. The van der Waals surface area contributed by atoms with Crippen LogP contribution in [0, 0.1) is 5.92 Å². The molecule has 3 heterocycles. The first-order valence-corrected chi connectivity index (χ1v) is 7.46. The van der Waals surface area contributed by atoms with Gasteiger partial charge in [0, 0.05) is 19.3 Å². The molecule has 0 radical (unpaired) electrons. The van der Waals surface area contributed by atoms with E-state index in [1.165, 1.54) is 0 Å². The van der Waals surface area contributed by atoms with Gasteiger partial charge < -0.3 is 10.0 Å². The minimum absolute atomic E-state index is 0.230. The quantitative estimate of drug-likeness (QED) is 0.940. The summed E-state index contributed by atoms with van der Waals surface area (Å²) in [6.45, 7) is 1.40. The average Bonchev–Trinajstić information content (AvgIpc) is 3.02. The number of rotatable bonds is 3. The van der Waals surface area contributed by atoms with Crippen LogP contribution in [-0.4, -0.2) is 34.1 Å². The van der Waals surface area contributed by atoms with Gasteiger partial charge in [-0.2, -0.15) is 0 Å². The van der Waals surface area contributed by atoms with Gasteiger partial charge in [0.2, 0.25) is 5.95 Å². The van der Waals surface area contributed by atoms with E-state index in [1.54, 1.807) is 17.5 Å². The summed E-state index contributed by atoms with van der Waals surface area (Å²) < 4.78 is 0. The van der Waals surface area contributed by atoms with Crippen molar-refractivity contribution in [3.8, 4) is 10.6 Å². The number of hydrogen-bond acceptors (Lipinski definition) is 5. The summed E-state index contributed by atoms with van der Waals surface area (Å²) in [5.74, 6) is -0.232. The number of carboxylic acid groups (broad SMARTS) is 1. The van der Waals surface area contributed by atoms with E-state index in [-0.39, 0.29) is 5.92 Å². The summed E-state index contributed by atoms with van der Waals surface area (Å²) >= 11 is 1.65. The number of carbonyl (C=O) groups is 1. The zero-order chi connectivity index (χ0) is 13.9. The third-order valence-corrected chi connectivity index (χ3v) is 4.44. The highest BCUT2D eigenvalue weighted by Gasteiger charge is 2.25. The summed E-state index contributed by atoms with van der Waals surface area (Å²) in [5.41, 5.74) is 0.922. The van der Waals surface area contributed by atoms with Gasteiger partial charge in [0.1, 0.15) is 0 Å². The first-order chi connectivity index (χ1) is 9.74. The Morgan fingerprint density at radius 3 is 2.80 bits per heavy atom. The smallest absolute Gasteiger partial charge is 0.306 e. The Hall–Kier alpha value is -1.95. The lowest BCUT2D eigenvalue weighted by Crippen LogP contribution is -2.37. The van der Waals surface area contributed by atoms with Gasteiger partial charge in [0.25, 0.3) is 0 Å². The number of piperidine rings is 1. The van der Waals surface area contributed by atoms with Gasteiger partial charge >= 0.3 is 5.97 Å². The van der Waals surface area contributed by atoms with Gasteiger partial charge in [0.05, 0.1) is 16.5 Å². The Kier molecular flexibility index (Phi) is 3.64. The number of hydrogen-bond donors (Lipinski definition) is 1. The van der Waals surface area contributed by atoms with Crippen molar-refractivity contribution in [3.63, 3.8) is 0 Å². The molecule has 0 aromatic carbocycles. The molecule has 0 amide bonds. The SMILES string of the molecule is O=C(O)C1CCN(c2nccc(-c3cccs3)n2)CC1. The second-order valence-electron chi connectivity index (χ2n) is 4.82. The van der Waals surface area contributed by atoms with Crippen molar-refractivity contribution in [2.45, 2.75) is 12.8 Å². The fraction of sp³-hybridized carbons (Fsp3) is 0.357. The van der Waals surface area contributed by atoms with Crippen LogP contribution < -0.4 is 4.90 Å². The van der Waals surface area contributed by atoms with E-state index in [9.17, 15) is 4.79 Å². The van der Waals surface area contributed by atoms with E-state index in [2.05, 4.69) is 14.9 Å². The number of thiophene rings is 1. The van der Waals surface area contributed by atoms with Crippen LogP contribution in [0.25, 0.3) is 10.6 Å². The second-order valence-corrected chi connectivity index (χ2v) is 5.77. The molecule has 0 bridgehead atoms. The Bertz CT molecular complexity index is 592. The number of nitrogens with zero attached hydrogens (tertiary/aromatic N) is 3. The van der Waals surface area contributed by atoms with E-state index in [1.807, 2.05) is 23.6 Å². The number of anilines is 1. The Morgan fingerprint density at radius 1 is 1.35 bits per heavy atom. The van der Waals surface area contributed by atoms with E-state index >= 15 is 0 Å². The molecule has 3 rings (SSSR count). The molecule has 1 aliphatic rings. The van der Waals surface area contributed by atoms with E-state index < -0.39 is 5.97 Å². The molecule has 20 heavy (non-hydrogen) atoms. The summed E-state index contributed by atoms with van der Waals surface area (Å²) in [4.78, 5) is 23.0. The molecule has 0 unspecified atom stereocenters. The van der Waals surface area contributed by atoms with Crippen LogP contribution in [0.4, 0.5) is 5.95 Å². The fourth-order valence-electron chi connectivity index (χ4n) is 2.39. The fourth-order valence-corrected chi connectivity index (χ4v) is 3.08. The van der Waals surface area contributed by atoms with Crippen LogP contribution in [0.1, 0.15) is 12.8 Å². The summed E-state index contributed by atoms with van der Waals surface area (Å²) in [5, 5.41) is 11.0. The lowest BCUT2D eigenvalue weighted by atomic mass is 9.97. The van der Waals surface area contributed by atoms with Gasteiger partial charge in [-0.25, -0.2) is 9.97 Å². The molecule has 6 heteroatoms. The molecule has 2 aromatic rings. The molecule has 1 saturated heterocycles. The normalized spacial score (nSPS) is 16.3. The average molecular weight is 289 g/mol. The van der Waals surface area contributed by atoms with Crippen LogP contribution in [0.3, 0.4) is 0 Å². The molecular formula is C14H15N3O2S. The zero-order valence-electron chi connectivity index (χ0n) is 10.9. The van der Waals surface area contributed by atoms with Gasteiger partial charge in [0.15, 0.2) is 0 Å². The maximum atomic E-state index is 11.0. The molecule has 0 atom stereocenters. The molecule has 104 valence electrons. The second kappa shape index (κ2) is 5.58. The van der Waals surface area contributed by atoms with Crippen LogP contribution in [-0.2, 0) is 4.79 Å². The molecule has 0 spiro atoms. The first-order valence-electron chi connectivity index (χ1n) is 6.59. The maximum Gasteiger partial charge on any atom is 0.306 e. The predicted molar refractivity (Wildman–Crippen MR) is 77.9 cm³/mol. The third-order valence-electron chi connectivity index (χ3n) is 3.54. The molecule has 1 N–H and O–H groups in total. The van der Waals surface area contributed by atoms with Crippen molar-refractivity contribution >= 4 is 23.3 Å². The van der Waals surface area contributed by atoms with Crippen molar-refractivity contribution < 1.29 is 9.90 Å². The van der Waals surface area contributed by atoms with E-state index in [4.69, 9.17) is 5.11 Å². The lowest BCUT2D eigenvalue weighted by Gasteiger charge is -2.30. The summed E-state index contributed by atoms with van der Waals surface area (Å²) in [6.07, 6.45) is 3.07. The molecule has 2 aromatic heterocycles. The Balaban J connectivity index is 1.75. The topological polar surface area (TPSA) is 66.3 Å². The van der Waals surface area contributed by atoms with Gasteiger partial charge in [-0.3, -0.25) is 4.79 Å². The minimum Gasteiger partial charge on any atom is -0.481 e. The zero-order valence-corrected chi connectivity index (χ0v) is 11.7. The van der Waals surface area contributed by atoms with E-state index in [0.29, 0.717) is 31.9 Å². The Labute approximate surface area is 120 Å². The highest BCUT2D eigenvalue weighted by Crippen LogP contribution is 2.25. The van der Waals surface area contributed by atoms with Crippen LogP contribution >= 0.6 is 11.3 Å². The molecular weight excluding hydrogens is 274 g/mol. The molecule has 1 aliphatic heterocycles. The van der Waals surface area contributed by atoms with Gasteiger partial charge in [-0.15, -0.1) is 11.3 Å². The van der Waals surface area contributed by atoms with Crippen molar-refractivity contribution in [1.82, 2.24) is 9.97 Å². The lowest BCUT2D eigenvalue weighted by molar-refractivity contribution is -0.142. The number of aliphatic carboxylic acids is 1. The largest absolute Gasteiger partial charge is 0.481 e. The van der Waals surface area contributed by atoms with Crippen molar-refractivity contribution in [2.24, 2.45) is 5.92 Å². The summed E-state index contributed by atoms with van der Waals surface area (Å²) in [6, 6.07) is 5.94. The molecule has 1 fully saturated rings. The molecule has 0 aliphatic carbocycles. The van der Waals surface area contributed by atoms with Crippen LogP contribution in [0.5, 0.6) is 0 Å². The van der Waals surface area contributed by atoms with Crippen molar-refractivity contribution in [3.05, 3.63) is 29.8 Å². The predicted octanol–water partition coefficient (Wildman–Crippen LogP) is 2.51. The third kappa shape index (κ3) is 2.65. The minimum atomic E-state index is -0.696. The number of carboxylic acids is 1. The Morgan fingerprint density at radius 2 is 2.15 bits per heavy atom. The first kappa shape index (κ1) is 13.1. The highest BCUT2D eigenvalue weighted by atomic mass is 32.1. The van der Waals surface area contributed by atoms with Crippen LogP contribution in [0.15, 0.2) is 29.8 Å². The van der Waals surface area contributed by atoms with Gasteiger partial charge in [-0.1, -0.05) is 6.07 Å². The maximum absolute atomic E-state index is 11.0. The van der Waals surface area contributed by atoms with Gasteiger partial charge in [-0.05, 0) is 30.4 Å². The van der Waals surface area contributed by atoms with E-state index in [0.717, 1.165) is 10.6 Å². The number of aromatic nitrogens is 2.